The van der Waals surface area contributed by atoms with Gasteiger partial charge < -0.3 is 4.74 Å². The Kier molecular flexibility index (Phi) is 4.99. The zero-order valence-electron chi connectivity index (χ0n) is 15.6. The van der Waals surface area contributed by atoms with Gasteiger partial charge in [-0.1, -0.05) is 22.0 Å². The zero-order valence-corrected chi connectivity index (χ0v) is 17.1. The molecule has 1 saturated heterocycles. The molecule has 0 spiro atoms. The quantitative estimate of drug-likeness (QED) is 0.565. The van der Waals surface area contributed by atoms with Crippen molar-refractivity contribution in [2.75, 3.05) is 26.7 Å². The molecule has 7 nitrogen and oxygen atoms in total. The fourth-order valence-corrected chi connectivity index (χ4v) is 3.89. The number of rotatable bonds is 5. The first-order valence-corrected chi connectivity index (χ1v) is 9.70. The first-order chi connectivity index (χ1) is 13.5. The van der Waals surface area contributed by atoms with Crippen LogP contribution in [0, 0.1) is 0 Å². The smallest absolute Gasteiger partial charge is 0.359 e. The van der Waals surface area contributed by atoms with Gasteiger partial charge in [0.1, 0.15) is 5.78 Å². The van der Waals surface area contributed by atoms with Crippen LogP contribution in [0.3, 0.4) is 0 Å². The predicted molar refractivity (Wildman–Crippen MR) is 108 cm³/mol. The van der Waals surface area contributed by atoms with E-state index in [1.54, 1.807) is 11.6 Å². The van der Waals surface area contributed by atoms with Crippen LogP contribution < -0.4 is 0 Å². The number of esters is 1. The van der Waals surface area contributed by atoms with Crippen LogP contribution in [0.2, 0.25) is 0 Å². The van der Waals surface area contributed by atoms with E-state index in [1.165, 1.54) is 7.11 Å². The normalized spacial score (nSPS) is 14.8. The standard InChI is InChI=1S/C20H19BrN4O3/c1-12(26)9-24-10-14(11-24)13-6-17-18(20(27)28-2)23-25(19(17)22-8-13)16-5-3-4-15(21)7-16/h3-8,14H,9-11H2,1-2H3. The number of benzene rings is 1. The van der Waals surface area contributed by atoms with Crippen LogP contribution in [-0.2, 0) is 9.53 Å². The molecule has 0 bridgehead atoms. The zero-order chi connectivity index (χ0) is 19.8. The molecule has 8 heteroatoms. The molecule has 2 aromatic heterocycles. The fourth-order valence-electron chi connectivity index (χ4n) is 3.50. The van der Waals surface area contributed by atoms with Crippen molar-refractivity contribution in [3.05, 3.63) is 52.3 Å². The molecule has 3 heterocycles. The summed E-state index contributed by atoms with van der Waals surface area (Å²) in [5, 5.41) is 5.14. The highest BCUT2D eigenvalue weighted by Crippen LogP contribution is 2.30. The molecule has 0 radical (unpaired) electrons. The third kappa shape index (κ3) is 3.45. The molecule has 1 aliphatic rings. The van der Waals surface area contributed by atoms with Crippen molar-refractivity contribution in [1.29, 1.82) is 0 Å². The summed E-state index contributed by atoms with van der Waals surface area (Å²) < 4.78 is 7.48. The van der Waals surface area contributed by atoms with E-state index in [1.807, 2.05) is 36.5 Å². The number of aromatic nitrogens is 3. The summed E-state index contributed by atoms with van der Waals surface area (Å²) in [6.45, 7) is 3.68. The van der Waals surface area contributed by atoms with E-state index in [2.05, 4.69) is 30.9 Å². The second-order valence-electron chi connectivity index (χ2n) is 6.96. The highest BCUT2D eigenvalue weighted by atomic mass is 79.9. The number of carbonyl (C=O) groups excluding carboxylic acids is 2. The van der Waals surface area contributed by atoms with Gasteiger partial charge in [-0.3, -0.25) is 9.69 Å². The Hall–Kier alpha value is -2.58. The van der Waals surface area contributed by atoms with Gasteiger partial charge in [-0.05, 0) is 36.8 Å². The topological polar surface area (TPSA) is 77.3 Å². The maximum atomic E-state index is 12.3. The second-order valence-corrected chi connectivity index (χ2v) is 7.88. The van der Waals surface area contributed by atoms with Gasteiger partial charge in [-0.25, -0.2) is 14.5 Å². The number of carbonyl (C=O) groups is 2. The van der Waals surface area contributed by atoms with Crippen LogP contribution in [0.15, 0.2) is 41.0 Å². The van der Waals surface area contributed by atoms with E-state index in [0.29, 0.717) is 17.6 Å². The number of ether oxygens (including phenoxy) is 1. The number of methoxy groups -OCH3 is 1. The van der Waals surface area contributed by atoms with Crippen LogP contribution in [0.25, 0.3) is 16.7 Å². The van der Waals surface area contributed by atoms with Crippen molar-refractivity contribution < 1.29 is 14.3 Å². The highest BCUT2D eigenvalue weighted by molar-refractivity contribution is 9.10. The Morgan fingerprint density at radius 1 is 1.29 bits per heavy atom. The Morgan fingerprint density at radius 2 is 2.07 bits per heavy atom. The van der Waals surface area contributed by atoms with E-state index in [9.17, 15) is 9.59 Å². The van der Waals surface area contributed by atoms with Crippen LogP contribution >= 0.6 is 15.9 Å². The average molecular weight is 443 g/mol. The van der Waals surface area contributed by atoms with Gasteiger partial charge in [0.25, 0.3) is 0 Å². The number of fused-ring (bicyclic) bond motifs is 1. The number of hydrogen-bond donors (Lipinski definition) is 0. The molecule has 4 rings (SSSR count). The van der Waals surface area contributed by atoms with Crippen molar-refractivity contribution in [2.45, 2.75) is 12.8 Å². The third-order valence-corrected chi connectivity index (χ3v) is 5.34. The summed E-state index contributed by atoms with van der Waals surface area (Å²) in [7, 11) is 1.34. The van der Waals surface area contributed by atoms with E-state index in [-0.39, 0.29) is 17.4 Å². The summed E-state index contributed by atoms with van der Waals surface area (Å²) in [5.41, 5.74) is 2.67. The summed E-state index contributed by atoms with van der Waals surface area (Å²) >= 11 is 3.46. The van der Waals surface area contributed by atoms with E-state index in [4.69, 9.17) is 4.74 Å². The van der Waals surface area contributed by atoms with Gasteiger partial charge in [0.05, 0.1) is 24.7 Å². The molecule has 3 aromatic rings. The molecule has 144 valence electrons. The number of halogens is 1. The predicted octanol–water partition coefficient (Wildman–Crippen LogP) is 2.96. The molecule has 0 atom stereocenters. The first-order valence-electron chi connectivity index (χ1n) is 8.91. The monoisotopic (exact) mass is 442 g/mol. The molecule has 1 aliphatic heterocycles. The molecular formula is C20H19BrN4O3. The average Bonchev–Trinajstić information content (AvgIpc) is 3.02. The Morgan fingerprint density at radius 3 is 2.75 bits per heavy atom. The molecular weight excluding hydrogens is 424 g/mol. The minimum atomic E-state index is -0.496. The Labute approximate surface area is 170 Å². The molecule has 0 N–H and O–H groups in total. The molecule has 0 unspecified atom stereocenters. The van der Waals surface area contributed by atoms with Gasteiger partial charge >= 0.3 is 5.97 Å². The molecule has 0 amide bonds. The van der Waals surface area contributed by atoms with Crippen molar-refractivity contribution in [3.8, 4) is 5.69 Å². The maximum absolute atomic E-state index is 12.3. The van der Waals surface area contributed by atoms with E-state index < -0.39 is 5.97 Å². The number of likely N-dealkylation sites (tertiary alicyclic amines) is 1. The lowest BCUT2D eigenvalue weighted by Crippen LogP contribution is -2.46. The van der Waals surface area contributed by atoms with Gasteiger partial charge in [-0.15, -0.1) is 0 Å². The number of nitrogens with zero attached hydrogens (tertiary/aromatic N) is 4. The lowest BCUT2D eigenvalue weighted by molar-refractivity contribution is -0.119. The SMILES string of the molecule is COC(=O)c1nn(-c2cccc(Br)c2)c2ncc(C3CN(CC(C)=O)C3)cc12. The Balaban J connectivity index is 1.74. The van der Waals surface area contributed by atoms with Crippen LogP contribution in [0.5, 0.6) is 0 Å². The third-order valence-electron chi connectivity index (χ3n) is 4.85. The highest BCUT2D eigenvalue weighted by Gasteiger charge is 2.30. The minimum Gasteiger partial charge on any atom is -0.464 e. The van der Waals surface area contributed by atoms with Gasteiger partial charge in [0, 0.05) is 29.7 Å². The Bertz CT molecular complexity index is 1070. The molecule has 1 aromatic carbocycles. The second kappa shape index (κ2) is 7.44. The lowest BCUT2D eigenvalue weighted by Gasteiger charge is -2.38. The lowest BCUT2D eigenvalue weighted by atomic mass is 9.92. The molecule has 0 saturated carbocycles. The molecule has 28 heavy (non-hydrogen) atoms. The van der Waals surface area contributed by atoms with Gasteiger partial charge in [0.15, 0.2) is 11.3 Å². The van der Waals surface area contributed by atoms with Crippen LogP contribution in [0.4, 0.5) is 0 Å². The van der Waals surface area contributed by atoms with E-state index in [0.717, 1.165) is 28.8 Å². The van der Waals surface area contributed by atoms with Crippen molar-refractivity contribution in [3.63, 3.8) is 0 Å². The number of ketones is 1. The maximum Gasteiger partial charge on any atom is 0.359 e. The minimum absolute atomic E-state index is 0.162. The molecule has 0 aliphatic carbocycles. The summed E-state index contributed by atoms with van der Waals surface area (Å²) in [4.78, 5) is 30.3. The first kappa shape index (κ1) is 18.8. The van der Waals surface area contributed by atoms with Crippen molar-refractivity contribution in [2.24, 2.45) is 0 Å². The van der Waals surface area contributed by atoms with E-state index >= 15 is 0 Å². The fraction of sp³-hybridized carbons (Fsp3) is 0.300. The van der Waals surface area contributed by atoms with Gasteiger partial charge in [0.2, 0.25) is 0 Å². The van der Waals surface area contributed by atoms with Crippen molar-refractivity contribution >= 4 is 38.7 Å². The number of Topliss-reactive ketones (excluding diaryl/α,β-unsaturated/α-hetero) is 1. The van der Waals surface area contributed by atoms with Crippen LogP contribution in [0.1, 0.15) is 28.9 Å². The van der Waals surface area contributed by atoms with Crippen LogP contribution in [-0.4, -0.2) is 58.2 Å². The summed E-state index contributed by atoms with van der Waals surface area (Å²) in [6.07, 6.45) is 1.83. The van der Waals surface area contributed by atoms with Gasteiger partial charge in [-0.2, -0.15) is 5.10 Å². The number of pyridine rings is 1. The summed E-state index contributed by atoms with van der Waals surface area (Å²) in [6, 6.07) is 9.60. The largest absolute Gasteiger partial charge is 0.464 e. The van der Waals surface area contributed by atoms with Crippen molar-refractivity contribution in [1.82, 2.24) is 19.7 Å². The summed E-state index contributed by atoms with van der Waals surface area (Å²) in [5.74, 6) is -0.0456. The molecule has 1 fully saturated rings. The number of hydrogen-bond acceptors (Lipinski definition) is 6.